The van der Waals surface area contributed by atoms with Crippen molar-refractivity contribution >= 4 is 17.5 Å². The predicted octanol–water partition coefficient (Wildman–Crippen LogP) is 3.28. The lowest BCUT2D eigenvalue weighted by atomic mass is 9.39. The maximum atomic E-state index is 13.4. The molecule has 3 saturated carbocycles. The van der Waals surface area contributed by atoms with Crippen LogP contribution in [0, 0.1) is 22.9 Å². The van der Waals surface area contributed by atoms with E-state index in [-0.39, 0.29) is 35.4 Å². The fraction of sp³-hybridized carbons (Fsp3) is 0.381. The molecule has 1 atom stereocenters. The number of halogens is 4. The summed E-state index contributed by atoms with van der Waals surface area (Å²) in [5.74, 6) is -2.37. The summed E-state index contributed by atoms with van der Waals surface area (Å²) in [6.45, 7) is 0.0322. The second-order valence-electron chi connectivity index (χ2n) is 8.07. The molecule has 0 saturated heterocycles. The Bertz CT molecular complexity index is 968. The molecule has 3 fully saturated rings. The summed E-state index contributed by atoms with van der Waals surface area (Å²) >= 11 is 5.61. The molecule has 5 nitrogen and oxygen atoms in total. The lowest BCUT2D eigenvalue weighted by Crippen LogP contribution is -2.79. The molecular weight excluding hydrogens is 421 g/mol. The summed E-state index contributed by atoms with van der Waals surface area (Å²) < 4.78 is 45.0. The number of rotatable bonds is 8. The van der Waals surface area contributed by atoms with Crippen molar-refractivity contribution in [3.63, 3.8) is 0 Å². The van der Waals surface area contributed by atoms with Gasteiger partial charge in [-0.3, -0.25) is 10.1 Å². The molecule has 3 aliphatic carbocycles. The molecule has 160 valence electrons. The van der Waals surface area contributed by atoms with Crippen LogP contribution in [0.5, 0.6) is 5.75 Å². The summed E-state index contributed by atoms with van der Waals surface area (Å²) in [6.07, 6.45) is 0.718. The van der Waals surface area contributed by atoms with Gasteiger partial charge in [0.1, 0.15) is 24.4 Å². The van der Waals surface area contributed by atoms with Crippen molar-refractivity contribution in [1.82, 2.24) is 10.6 Å². The van der Waals surface area contributed by atoms with Crippen molar-refractivity contribution in [3.05, 3.63) is 64.4 Å². The van der Waals surface area contributed by atoms with Gasteiger partial charge in [0.2, 0.25) is 5.91 Å². The van der Waals surface area contributed by atoms with E-state index >= 15 is 0 Å². The number of hydrogen-bond donors (Lipinski definition) is 3. The Kier molecular flexibility index (Phi) is 5.42. The van der Waals surface area contributed by atoms with Gasteiger partial charge in [-0.1, -0.05) is 17.7 Å². The van der Waals surface area contributed by atoms with Crippen LogP contribution in [0.1, 0.15) is 24.8 Å². The zero-order valence-electron chi connectivity index (χ0n) is 15.9. The molecule has 0 heterocycles. The summed E-state index contributed by atoms with van der Waals surface area (Å²) in [6, 6.07) is 7.53. The van der Waals surface area contributed by atoms with E-state index in [0.29, 0.717) is 24.8 Å². The van der Waals surface area contributed by atoms with Gasteiger partial charge in [0.15, 0.2) is 11.6 Å². The van der Waals surface area contributed by atoms with Crippen LogP contribution in [0.3, 0.4) is 0 Å². The molecule has 0 radical (unpaired) electrons. The Morgan fingerprint density at radius 1 is 1.10 bits per heavy atom. The van der Waals surface area contributed by atoms with Crippen molar-refractivity contribution in [1.29, 1.82) is 0 Å². The lowest BCUT2D eigenvalue weighted by molar-refractivity contribution is -0.190. The minimum absolute atomic E-state index is 0.0111. The fourth-order valence-electron chi connectivity index (χ4n) is 4.34. The van der Waals surface area contributed by atoms with Crippen molar-refractivity contribution in [2.45, 2.75) is 37.6 Å². The van der Waals surface area contributed by atoms with Gasteiger partial charge in [0.25, 0.3) is 0 Å². The zero-order valence-corrected chi connectivity index (χ0v) is 16.6. The molecule has 1 unspecified atom stereocenters. The van der Waals surface area contributed by atoms with Crippen LogP contribution >= 0.6 is 11.6 Å². The highest BCUT2D eigenvalue weighted by molar-refractivity contribution is 6.30. The third-order valence-electron chi connectivity index (χ3n) is 5.72. The third-order valence-corrected chi connectivity index (χ3v) is 6.03. The third kappa shape index (κ3) is 3.99. The average molecular weight is 441 g/mol. The van der Waals surface area contributed by atoms with Gasteiger partial charge >= 0.3 is 0 Å². The van der Waals surface area contributed by atoms with Crippen LogP contribution in [0.2, 0.25) is 5.02 Å². The molecule has 2 bridgehead atoms. The number of aliphatic hydroxyl groups excluding tert-OH is 1. The van der Waals surface area contributed by atoms with Crippen molar-refractivity contribution in [2.24, 2.45) is 5.41 Å². The number of aliphatic hydroxyl groups is 1. The summed E-state index contributed by atoms with van der Waals surface area (Å²) in [5.41, 5.74) is -0.341. The fourth-order valence-corrected chi connectivity index (χ4v) is 4.46. The van der Waals surface area contributed by atoms with Gasteiger partial charge in [-0.25, -0.2) is 13.2 Å². The van der Waals surface area contributed by atoms with Crippen LogP contribution in [0.4, 0.5) is 13.2 Å². The van der Waals surface area contributed by atoms with Gasteiger partial charge in [-0.2, -0.15) is 0 Å². The molecule has 2 aromatic carbocycles. The normalized spacial score (nSPS) is 25.1. The number of benzene rings is 2. The first-order valence-electron chi connectivity index (χ1n) is 9.46. The van der Waals surface area contributed by atoms with Crippen LogP contribution < -0.4 is 15.4 Å². The molecule has 0 spiro atoms. The van der Waals surface area contributed by atoms with Crippen LogP contribution in [-0.4, -0.2) is 29.4 Å². The summed E-state index contributed by atoms with van der Waals surface area (Å²) in [7, 11) is 0. The second-order valence-corrected chi connectivity index (χ2v) is 8.48. The quantitative estimate of drug-likeness (QED) is 0.551. The van der Waals surface area contributed by atoms with E-state index in [1.165, 1.54) is 18.2 Å². The van der Waals surface area contributed by atoms with Gasteiger partial charge in [0.05, 0.1) is 10.4 Å². The topological polar surface area (TPSA) is 70.6 Å². The first kappa shape index (κ1) is 21.0. The van der Waals surface area contributed by atoms with E-state index < -0.39 is 29.1 Å². The van der Waals surface area contributed by atoms with E-state index in [1.807, 2.05) is 0 Å². The Morgan fingerprint density at radius 3 is 2.50 bits per heavy atom. The second kappa shape index (κ2) is 7.76. The Hall–Kier alpha value is -2.29. The molecule has 0 aromatic heterocycles. The standard InChI is InChI=1S/C21H20ClF3N2O3/c22-14-3-2-13(6-16(14)24)30-8-18(28)27-21-9-20(10-21,11-21)19(29)26-7-12-1-4-15(23)17(25)5-12/h1-6,18,27-28H,7-11H2,(H,26,29). The van der Waals surface area contributed by atoms with Crippen molar-refractivity contribution in [2.75, 3.05) is 6.61 Å². The number of amides is 1. The van der Waals surface area contributed by atoms with Crippen LogP contribution in [-0.2, 0) is 11.3 Å². The highest BCUT2D eigenvalue weighted by Crippen LogP contribution is 2.67. The Morgan fingerprint density at radius 2 is 1.83 bits per heavy atom. The molecule has 30 heavy (non-hydrogen) atoms. The van der Waals surface area contributed by atoms with Crippen LogP contribution in [0.25, 0.3) is 0 Å². The summed E-state index contributed by atoms with van der Waals surface area (Å²) in [4.78, 5) is 12.5. The lowest BCUT2D eigenvalue weighted by Gasteiger charge is -2.69. The largest absolute Gasteiger partial charge is 0.489 e. The molecular formula is C21H20ClF3N2O3. The highest BCUT2D eigenvalue weighted by Gasteiger charge is 2.71. The monoisotopic (exact) mass is 440 g/mol. The van der Waals surface area contributed by atoms with Gasteiger partial charge in [-0.05, 0) is 49.1 Å². The van der Waals surface area contributed by atoms with Crippen molar-refractivity contribution in [3.8, 4) is 5.75 Å². The Labute approximate surface area is 176 Å². The maximum Gasteiger partial charge on any atom is 0.226 e. The maximum absolute atomic E-state index is 13.4. The Balaban J connectivity index is 1.21. The molecule has 5 rings (SSSR count). The zero-order chi connectivity index (χ0) is 21.5. The molecule has 9 heteroatoms. The molecule has 3 aliphatic rings. The number of ether oxygens (including phenoxy) is 1. The van der Waals surface area contributed by atoms with E-state index in [9.17, 15) is 23.1 Å². The number of carbonyl (C=O) groups excluding carboxylic acids is 1. The highest BCUT2D eigenvalue weighted by atomic mass is 35.5. The molecule has 2 aromatic rings. The molecule has 1 amide bonds. The van der Waals surface area contributed by atoms with E-state index in [0.717, 1.165) is 18.2 Å². The van der Waals surface area contributed by atoms with Gasteiger partial charge in [-0.15, -0.1) is 0 Å². The minimum atomic E-state index is -0.979. The number of hydrogen-bond acceptors (Lipinski definition) is 4. The average Bonchev–Trinajstić information content (AvgIpc) is 2.65. The van der Waals surface area contributed by atoms with E-state index in [2.05, 4.69) is 10.6 Å². The molecule has 0 aliphatic heterocycles. The van der Waals surface area contributed by atoms with Crippen LogP contribution in [0.15, 0.2) is 36.4 Å². The van der Waals surface area contributed by atoms with E-state index in [1.54, 1.807) is 0 Å². The first-order chi connectivity index (χ1) is 14.2. The minimum Gasteiger partial charge on any atom is -0.489 e. The number of nitrogens with one attached hydrogen (secondary N) is 2. The predicted molar refractivity (Wildman–Crippen MR) is 103 cm³/mol. The SMILES string of the molecule is O=C(NCc1ccc(F)c(F)c1)C12CC(NC(O)COc3ccc(Cl)c(F)c3)(C1)C2. The molecule has 3 N–H and O–H groups in total. The van der Waals surface area contributed by atoms with E-state index in [4.69, 9.17) is 16.3 Å². The summed E-state index contributed by atoms with van der Waals surface area (Å²) in [5, 5.41) is 16.0. The number of carbonyl (C=O) groups is 1. The van der Waals surface area contributed by atoms with Gasteiger partial charge < -0.3 is 15.2 Å². The smallest absolute Gasteiger partial charge is 0.226 e. The van der Waals surface area contributed by atoms with Gasteiger partial charge in [0, 0.05) is 18.2 Å². The first-order valence-corrected chi connectivity index (χ1v) is 9.84. The van der Waals surface area contributed by atoms with Crippen molar-refractivity contribution < 1.29 is 27.8 Å².